The van der Waals surface area contributed by atoms with Crippen molar-refractivity contribution in [3.8, 4) is 5.75 Å². The van der Waals surface area contributed by atoms with Gasteiger partial charge in [-0.15, -0.1) is 10.2 Å². The first-order chi connectivity index (χ1) is 13.5. The van der Waals surface area contributed by atoms with Gasteiger partial charge in [0.1, 0.15) is 12.3 Å². The number of amides is 1. The number of carbonyl (C=O) groups excluding carboxylic acids is 1. The molecule has 1 N–H and O–H groups in total. The van der Waals surface area contributed by atoms with E-state index in [1.54, 1.807) is 45.0 Å². The number of nitrogens with zero attached hydrogens (tertiary/aromatic N) is 4. The number of hydrogen-bond acceptors (Lipinski definition) is 7. The number of fused-ring (bicyclic) bond motifs is 1. The molecular weight excluding hydrogens is 398 g/mol. The second-order valence-electron chi connectivity index (χ2n) is 7.28. The molecular formula is C18H21N5O5S. The molecule has 0 saturated heterocycles. The second-order valence-corrected chi connectivity index (χ2v) is 9.93. The lowest BCUT2D eigenvalue weighted by Crippen LogP contribution is -2.31. The second kappa shape index (κ2) is 7.32. The van der Waals surface area contributed by atoms with Crippen molar-refractivity contribution in [3.63, 3.8) is 0 Å². The molecule has 0 spiro atoms. The van der Waals surface area contributed by atoms with Crippen LogP contribution in [0.4, 0.5) is 5.69 Å². The Bertz CT molecular complexity index is 1240. The van der Waals surface area contributed by atoms with E-state index in [2.05, 4.69) is 15.5 Å². The normalized spacial score (nSPS) is 12.1. The lowest BCUT2D eigenvalue weighted by molar-refractivity contribution is -0.117. The summed E-state index contributed by atoms with van der Waals surface area (Å²) >= 11 is 0. The van der Waals surface area contributed by atoms with Crippen LogP contribution in [0, 0.1) is 0 Å². The third kappa shape index (κ3) is 3.99. The van der Waals surface area contributed by atoms with Gasteiger partial charge >= 0.3 is 5.69 Å². The summed E-state index contributed by atoms with van der Waals surface area (Å²) in [6.07, 6.45) is 0. The predicted molar refractivity (Wildman–Crippen MR) is 106 cm³/mol. The number of nitrogens with one attached hydrogen (secondary N) is 1. The Morgan fingerprint density at radius 3 is 2.55 bits per heavy atom. The smallest absolute Gasteiger partial charge is 0.367 e. The number of methoxy groups -OCH3 is 1. The van der Waals surface area contributed by atoms with Gasteiger partial charge in [-0.3, -0.25) is 4.79 Å². The van der Waals surface area contributed by atoms with Crippen molar-refractivity contribution in [2.24, 2.45) is 0 Å². The van der Waals surface area contributed by atoms with Crippen molar-refractivity contribution < 1.29 is 17.9 Å². The number of ether oxygens (including phenoxy) is 1. The third-order valence-electron chi connectivity index (χ3n) is 4.14. The summed E-state index contributed by atoms with van der Waals surface area (Å²) in [5.74, 6) is 0.0933. The number of hydrogen-bond donors (Lipinski definition) is 1. The Balaban J connectivity index is 1.88. The highest BCUT2D eigenvalue weighted by molar-refractivity contribution is 7.92. The van der Waals surface area contributed by atoms with Gasteiger partial charge in [0.15, 0.2) is 10.7 Å². The minimum absolute atomic E-state index is 0.136. The SMILES string of the molecule is COc1cccc(NC(=O)Cn2nc3ccc(S(=O)(=O)C(C)(C)C)nn3c2=O)c1. The van der Waals surface area contributed by atoms with Gasteiger partial charge in [-0.2, -0.15) is 4.52 Å². The van der Waals surface area contributed by atoms with Gasteiger partial charge in [-0.05, 0) is 45.0 Å². The number of benzene rings is 1. The molecule has 0 atom stereocenters. The molecule has 0 unspecified atom stereocenters. The summed E-state index contributed by atoms with van der Waals surface area (Å²) in [7, 11) is -2.23. The minimum Gasteiger partial charge on any atom is -0.497 e. The average Bonchev–Trinajstić information content (AvgIpc) is 2.96. The highest BCUT2D eigenvalue weighted by Gasteiger charge is 2.32. The number of sulfone groups is 1. The van der Waals surface area contributed by atoms with Gasteiger partial charge in [0.2, 0.25) is 15.7 Å². The third-order valence-corrected chi connectivity index (χ3v) is 6.52. The van der Waals surface area contributed by atoms with Crippen molar-refractivity contribution in [2.45, 2.75) is 37.1 Å². The van der Waals surface area contributed by atoms with Crippen LogP contribution in [0.3, 0.4) is 0 Å². The highest BCUT2D eigenvalue weighted by Crippen LogP contribution is 2.22. The van der Waals surface area contributed by atoms with Crippen LogP contribution in [0.2, 0.25) is 0 Å². The van der Waals surface area contributed by atoms with Crippen LogP contribution in [-0.2, 0) is 21.2 Å². The fraction of sp³-hybridized carbons (Fsp3) is 0.333. The molecule has 0 fully saturated rings. The summed E-state index contributed by atoms with van der Waals surface area (Å²) in [4.78, 5) is 24.8. The Labute approximate surface area is 167 Å². The van der Waals surface area contributed by atoms with E-state index in [0.29, 0.717) is 11.4 Å². The molecule has 1 aromatic carbocycles. The summed E-state index contributed by atoms with van der Waals surface area (Å²) in [6, 6.07) is 9.43. The first-order valence-electron chi connectivity index (χ1n) is 8.68. The lowest BCUT2D eigenvalue weighted by Gasteiger charge is -2.17. The molecule has 0 aliphatic rings. The van der Waals surface area contributed by atoms with Crippen LogP contribution in [0.15, 0.2) is 46.2 Å². The predicted octanol–water partition coefficient (Wildman–Crippen LogP) is 1.11. The molecule has 0 saturated carbocycles. The van der Waals surface area contributed by atoms with Crippen LogP contribution in [-0.4, -0.2) is 45.6 Å². The van der Waals surface area contributed by atoms with E-state index in [1.165, 1.54) is 19.2 Å². The Morgan fingerprint density at radius 2 is 1.90 bits per heavy atom. The summed E-state index contributed by atoms with van der Waals surface area (Å²) < 4.78 is 31.0. The van der Waals surface area contributed by atoms with Crippen molar-refractivity contribution in [1.29, 1.82) is 0 Å². The van der Waals surface area contributed by atoms with E-state index >= 15 is 0 Å². The summed E-state index contributed by atoms with van der Waals surface area (Å²) in [5, 5.41) is 10.4. The number of carbonyl (C=O) groups is 1. The topological polar surface area (TPSA) is 125 Å². The Hall–Kier alpha value is -3.21. The summed E-state index contributed by atoms with van der Waals surface area (Å²) in [6.45, 7) is 4.27. The van der Waals surface area contributed by atoms with Crippen LogP contribution in [0.1, 0.15) is 20.8 Å². The van der Waals surface area contributed by atoms with Gasteiger partial charge in [0, 0.05) is 11.8 Å². The van der Waals surface area contributed by atoms with Crippen LogP contribution < -0.4 is 15.7 Å². The van der Waals surface area contributed by atoms with Crippen LogP contribution >= 0.6 is 0 Å². The fourth-order valence-corrected chi connectivity index (χ4v) is 3.55. The molecule has 3 rings (SSSR count). The fourth-order valence-electron chi connectivity index (χ4n) is 2.49. The molecule has 0 aliphatic heterocycles. The van der Waals surface area contributed by atoms with Gasteiger partial charge in [-0.1, -0.05) is 6.07 Å². The molecule has 154 valence electrons. The van der Waals surface area contributed by atoms with Crippen LogP contribution in [0.25, 0.3) is 5.65 Å². The van der Waals surface area contributed by atoms with Gasteiger partial charge in [-0.25, -0.2) is 17.9 Å². The maximum absolute atomic E-state index is 12.6. The monoisotopic (exact) mass is 419 g/mol. The van der Waals surface area contributed by atoms with Gasteiger partial charge < -0.3 is 10.1 Å². The average molecular weight is 419 g/mol. The van der Waals surface area contributed by atoms with E-state index in [0.717, 1.165) is 9.20 Å². The lowest BCUT2D eigenvalue weighted by atomic mass is 10.3. The Morgan fingerprint density at radius 1 is 1.17 bits per heavy atom. The van der Waals surface area contributed by atoms with E-state index in [9.17, 15) is 18.0 Å². The molecule has 11 heteroatoms. The molecule has 29 heavy (non-hydrogen) atoms. The van der Waals surface area contributed by atoms with E-state index in [-0.39, 0.29) is 17.2 Å². The van der Waals surface area contributed by atoms with Crippen molar-refractivity contribution in [3.05, 3.63) is 46.9 Å². The first kappa shape index (κ1) is 20.5. The zero-order valence-electron chi connectivity index (χ0n) is 16.4. The van der Waals surface area contributed by atoms with Crippen LogP contribution in [0.5, 0.6) is 5.75 Å². The summed E-state index contributed by atoms with van der Waals surface area (Å²) in [5.41, 5.74) is -0.0772. The quantitative estimate of drug-likeness (QED) is 0.657. The minimum atomic E-state index is -3.74. The Kier molecular flexibility index (Phi) is 5.18. The van der Waals surface area contributed by atoms with E-state index in [1.807, 2.05) is 0 Å². The molecule has 2 heterocycles. The maximum atomic E-state index is 12.6. The maximum Gasteiger partial charge on any atom is 0.367 e. The van der Waals surface area contributed by atoms with Crippen molar-refractivity contribution >= 4 is 27.1 Å². The zero-order valence-corrected chi connectivity index (χ0v) is 17.2. The largest absolute Gasteiger partial charge is 0.497 e. The number of rotatable bonds is 5. The number of anilines is 1. The molecule has 3 aromatic rings. The highest BCUT2D eigenvalue weighted by atomic mass is 32.2. The van der Waals surface area contributed by atoms with Gasteiger partial charge in [0.25, 0.3) is 0 Å². The zero-order chi connectivity index (χ0) is 21.4. The molecule has 2 aromatic heterocycles. The molecule has 1 amide bonds. The number of aromatic nitrogens is 4. The molecule has 10 nitrogen and oxygen atoms in total. The van der Waals surface area contributed by atoms with E-state index < -0.39 is 26.2 Å². The first-order valence-corrected chi connectivity index (χ1v) is 10.2. The van der Waals surface area contributed by atoms with Crippen molar-refractivity contribution in [1.82, 2.24) is 19.4 Å². The molecule has 0 bridgehead atoms. The standard InChI is InChI=1S/C18H21N5O5S/c1-18(2,3)29(26,27)16-9-8-14-20-22(17(25)23(14)21-16)11-15(24)19-12-6-5-7-13(10-12)28-4/h5-10H,11H2,1-4H3,(H,19,24). The van der Waals surface area contributed by atoms with Gasteiger partial charge in [0.05, 0.1) is 11.9 Å². The van der Waals surface area contributed by atoms with E-state index in [4.69, 9.17) is 4.74 Å². The molecule has 0 radical (unpaired) electrons. The molecule has 0 aliphatic carbocycles. The van der Waals surface area contributed by atoms with Crippen molar-refractivity contribution in [2.75, 3.05) is 12.4 Å².